The van der Waals surface area contributed by atoms with Crippen LogP contribution >= 0.6 is 11.8 Å². The lowest BCUT2D eigenvalue weighted by Gasteiger charge is -2.05. The van der Waals surface area contributed by atoms with Crippen molar-refractivity contribution in [3.05, 3.63) is 53.4 Å². The average Bonchev–Trinajstić information content (AvgIpc) is 2.44. The summed E-state index contributed by atoms with van der Waals surface area (Å²) < 4.78 is 13.0. The fourth-order valence-corrected chi connectivity index (χ4v) is 2.49. The number of carbonyl (C=O) groups is 1. The molecule has 1 aromatic carbocycles. The first-order valence-electron chi connectivity index (χ1n) is 6.06. The smallest absolute Gasteiger partial charge is 0.339 e. The van der Waals surface area contributed by atoms with Gasteiger partial charge >= 0.3 is 5.97 Å². The highest BCUT2D eigenvalue weighted by Gasteiger charge is 2.12. The molecular weight excluding hydrogens is 279 g/mol. The molecule has 0 saturated carbocycles. The maximum absolute atomic E-state index is 13.0. The normalized spacial score (nSPS) is 10.5. The van der Waals surface area contributed by atoms with Gasteiger partial charge < -0.3 is 5.11 Å². The van der Waals surface area contributed by atoms with Crippen LogP contribution in [-0.2, 0) is 12.2 Å². The molecule has 4 nitrogen and oxygen atoms in total. The summed E-state index contributed by atoms with van der Waals surface area (Å²) >= 11 is 1.41. The largest absolute Gasteiger partial charge is 0.478 e. The zero-order valence-corrected chi connectivity index (χ0v) is 11.7. The van der Waals surface area contributed by atoms with Crippen LogP contribution in [0.5, 0.6) is 0 Å². The molecule has 1 aromatic heterocycles. The van der Waals surface area contributed by atoms with Crippen LogP contribution in [0.25, 0.3) is 0 Å². The van der Waals surface area contributed by atoms with Crippen molar-refractivity contribution in [1.29, 1.82) is 0 Å². The predicted molar refractivity (Wildman–Crippen MR) is 74.3 cm³/mol. The Labute approximate surface area is 120 Å². The number of halogens is 1. The SMILES string of the molecule is CCc1nc(CSc2cccc(F)c2)ncc1C(=O)O. The van der Waals surface area contributed by atoms with Crippen LogP contribution in [0.1, 0.15) is 28.8 Å². The highest BCUT2D eigenvalue weighted by atomic mass is 32.2. The molecule has 2 aromatic rings. The molecule has 0 aliphatic carbocycles. The minimum absolute atomic E-state index is 0.131. The molecule has 2 rings (SSSR count). The Morgan fingerprint density at radius 1 is 1.45 bits per heavy atom. The average molecular weight is 292 g/mol. The molecule has 0 aliphatic heterocycles. The summed E-state index contributed by atoms with van der Waals surface area (Å²) in [5.41, 5.74) is 0.648. The van der Waals surface area contributed by atoms with Gasteiger partial charge in [0.2, 0.25) is 0 Å². The van der Waals surface area contributed by atoms with Crippen molar-refractivity contribution in [3.63, 3.8) is 0 Å². The quantitative estimate of drug-likeness (QED) is 0.858. The van der Waals surface area contributed by atoms with Crippen LogP contribution in [-0.4, -0.2) is 21.0 Å². The van der Waals surface area contributed by atoms with E-state index in [1.54, 1.807) is 12.1 Å². The number of aryl methyl sites for hydroxylation is 1. The summed E-state index contributed by atoms with van der Waals surface area (Å²) in [4.78, 5) is 20.1. The molecule has 0 amide bonds. The van der Waals surface area contributed by atoms with Gasteiger partial charge in [-0.25, -0.2) is 19.2 Å². The van der Waals surface area contributed by atoms with E-state index in [0.29, 0.717) is 23.7 Å². The predicted octanol–water partition coefficient (Wildman–Crippen LogP) is 3.17. The van der Waals surface area contributed by atoms with Gasteiger partial charge in [0.05, 0.1) is 17.0 Å². The number of carboxylic acid groups (broad SMARTS) is 1. The second-order valence-corrected chi connectivity index (χ2v) is 5.10. The van der Waals surface area contributed by atoms with E-state index in [4.69, 9.17) is 5.11 Å². The number of rotatable bonds is 5. The first-order chi connectivity index (χ1) is 9.60. The van der Waals surface area contributed by atoms with E-state index in [1.165, 1.54) is 30.1 Å². The molecule has 0 saturated heterocycles. The molecule has 0 radical (unpaired) electrons. The fourth-order valence-electron chi connectivity index (χ4n) is 1.68. The van der Waals surface area contributed by atoms with Crippen LogP contribution in [0.3, 0.4) is 0 Å². The third kappa shape index (κ3) is 3.54. The van der Waals surface area contributed by atoms with Gasteiger partial charge in [0, 0.05) is 11.1 Å². The van der Waals surface area contributed by atoms with Crippen molar-refractivity contribution < 1.29 is 14.3 Å². The minimum atomic E-state index is -1.02. The number of hydrogen-bond acceptors (Lipinski definition) is 4. The summed E-state index contributed by atoms with van der Waals surface area (Å²) in [6.45, 7) is 1.85. The third-order valence-electron chi connectivity index (χ3n) is 2.65. The Hall–Kier alpha value is -1.95. The first-order valence-corrected chi connectivity index (χ1v) is 7.05. The van der Waals surface area contributed by atoms with Crippen LogP contribution < -0.4 is 0 Å². The zero-order valence-electron chi connectivity index (χ0n) is 10.8. The van der Waals surface area contributed by atoms with E-state index >= 15 is 0 Å². The molecule has 0 fully saturated rings. The number of aromatic nitrogens is 2. The second kappa shape index (κ2) is 6.47. The number of benzene rings is 1. The summed E-state index contributed by atoms with van der Waals surface area (Å²) in [5, 5.41) is 9.00. The van der Waals surface area contributed by atoms with Crippen LogP contribution in [0.15, 0.2) is 35.4 Å². The van der Waals surface area contributed by atoms with Crippen molar-refractivity contribution in [2.45, 2.75) is 24.0 Å². The molecule has 104 valence electrons. The van der Waals surface area contributed by atoms with Gasteiger partial charge in [-0.2, -0.15) is 0 Å². The number of nitrogens with zero attached hydrogens (tertiary/aromatic N) is 2. The molecule has 0 spiro atoms. The molecule has 1 heterocycles. The van der Waals surface area contributed by atoms with Crippen molar-refractivity contribution in [3.8, 4) is 0 Å². The lowest BCUT2D eigenvalue weighted by molar-refractivity contribution is 0.0694. The maximum Gasteiger partial charge on any atom is 0.339 e. The third-order valence-corrected chi connectivity index (χ3v) is 3.64. The molecule has 6 heteroatoms. The minimum Gasteiger partial charge on any atom is -0.478 e. The van der Waals surface area contributed by atoms with Gasteiger partial charge in [0.15, 0.2) is 0 Å². The van der Waals surface area contributed by atoms with Gasteiger partial charge in [-0.15, -0.1) is 11.8 Å². The Bertz CT molecular complexity index is 634. The van der Waals surface area contributed by atoms with Crippen molar-refractivity contribution in [2.75, 3.05) is 0 Å². The summed E-state index contributed by atoms with van der Waals surface area (Å²) in [6.07, 6.45) is 1.86. The van der Waals surface area contributed by atoms with Crippen LogP contribution in [0.4, 0.5) is 4.39 Å². The van der Waals surface area contributed by atoms with E-state index in [-0.39, 0.29) is 11.4 Å². The highest BCUT2D eigenvalue weighted by molar-refractivity contribution is 7.98. The van der Waals surface area contributed by atoms with Gasteiger partial charge in [0.1, 0.15) is 11.6 Å². The Kier molecular flexibility index (Phi) is 4.68. The number of aromatic carboxylic acids is 1. The maximum atomic E-state index is 13.0. The molecule has 1 N–H and O–H groups in total. The topological polar surface area (TPSA) is 63.1 Å². The number of carboxylic acids is 1. The molecule has 0 bridgehead atoms. The molecule has 0 unspecified atom stereocenters. The zero-order chi connectivity index (χ0) is 14.5. The van der Waals surface area contributed by atoms with E-state index in [1.807, 2.05) is 6.92 Å². The van der Waals surface area contributed by atoms with Crippen LogP contribution in [0.2, 0.25) is 0 Å². The van der Waals surface area contributed by atoms with Crippen molar-refractivity contribution >= 4 is 17.7 Å². The fraction of sp³-hybridized carbons (Fsp3) is 0.214. The van der Waals surface area contributed by atoms with E-state index in [2.05, 4.69) is 9.97 Å². The van der Waals surface area contributed by atoms with Gasteiger partial charge in [0.25, 0.3) is 0 Å². The molecule has 0 aliphatic rings. The monoisotopic (exact) mass is 292 g/mol. The Morgan fingerprint density at radius 3 is 2.90 bits per heavy atom. The molecule has 20 heavy (non-hydrogen) atoms. The van der Waals surface area contributed by atoms with E-state index in [0.717, 1.165) is 4.90 Å². The summed E-state index contributed by atoms with van der Waals surface area (Å²) in [6, 6.07) is 6.28. The van der Waals surface area contributed by atoms with Crippen molar-refractivity contribution in [1.82, 2.24) is 9.97 Å². The lowest BCUT2D eigenvalue weighted by Crippen LogP contribution is -2.07. The Balaban J connectivity index is 2.12. The first kappa shape index (κ1) is 14.5. The molecular formula is C14H13FN2O2S. The highest BCUT2D eigenvalue weighted by Crippen LogP contribution is 2.22. The van der Waals surface area contributed by atoms with E-state index < -0.39 is 5.97 Å². The van der Waals surface area contributed by atoms with Gasteiger partial charge in [-0.05, 0) is 24.6 Å². The lowest BCUT2D eigenvalue weighted by atomic mass is 10.2. The van der Waals surface area contributed by atoms with Crippen LogP contribution in [0, 0.1) is 5.82 Å². The van der Waals surface area contributed by atoms with Gasteiger partial charge in [-0.1, -0.05) is 13.0 Å². The molecule has 0 atom stereocenters. The number of hydrogen-bond donors (Lipinski definition) is 1. The number of thioether (sulfide) groups is 1. The standard InChI is InChI=1S/C14H13FN2O2S/c1-2-12-11(14(18)19)7-16-13(17-12)8-20-10-5-3-4-9(15)6-10/h3-7H,2,8H2,1H3,(H,18,19). The summed E-state index contributed by atoms with van der Waals surface area (Å²) in [7, 11) is 0. The van der Waals surface area contributed by atoms with E-state index in [9.17, 15) is 9.18 Å². The Morgan fingerprint density at radius 2 is 2.25 bits per heavy atom. The second-order valence-electron chi connectivity index (χ2n) is 4.05. The van der Waals surface area contributed by atoms with Gasteiger partial charge in [-0.3, -0.25) is 0 Å². The summed E-state index contributed by atoms with van der Waals surface area (Å²) in [5.74, 6) is -0.297. The van der Waals surface area contributed by atoms with Crippen molar-refractivity contribution in [2.24, 2.45) is 0 Å².